The summed E-state index contributed by atoms with van der Waals surface area (Å²) in [5, 5.41) is 8.70. The Morgan fingerprint density at radius 1 is 1.37 bits per heavy atom. The zero-order valence-electron chi connectivity index (χ0n) is 11.1. The Balaban J connectivity index is 2.28. The highest BCUT2D eigenvalue weighted by Crippen LogP contribution is 2.31. The monoisotopic (exact) mass is 262 g/mol. The topological polar surface area (TPSA) is 63.6 Å². The fraction of sp³-hybridized carbons (Fsp3) is 0.467. The lowest BCUT2D eigenvalue weighted by molar-refractivity contribution is -0.139. The van der Waals surface area contributed by atoms with E-state index in [-0.39, 0.29) is 12.4 Å². The first-order chi connectivity index (χ1) is 9.11. The lowest BCUT2D eigenvalue weighted by Crippen LogP contribution is -2.11. The molecule has 0 bridgehead atoms. The molecule has 4 nitrogen and oxygen atoms in total. The molecule has 0 unspecified atom stereocenters. The summed E-state index contributed by atoms with van der Waals surface area (Å²) < 4.78 is 5.32. The fourth-order valence-corrected chi connectivity index (χ4v) is 2.36. The first-order valence-electron chi connectivity index (χ1n) is 6.65. The number of benzene rings is 1. The van der Waals surface area contributed by atoms with Crippen LogP contribution in [0.2, 0.25) is 0 Å². The van der Waals surface area contributed by atoms with E-state index in [0.29, 0.717) is 17.7 Å². The van der Waals surface area contributed by atoms with Gasteiger partial charge in [-0.15, -0.1) is 0 Å². The Morgan fingerprint density at radius 2 is 2.16 bits per heavy atom. The van der Waals surface area contributed by atoms with Crippen molar-refractivity contribution in [1.82, 2.24) is 0 Å². The second-order valence-corrected chi connectivity index (χ2v) is 4.83. The SMILES string of the molecule is CCCCc1cc2c(cc1OCC(=O)O)C(=O)CC2. The minimum atomic E-state index is -1.01. The average Bonchev–Trinajstić information content (AvgIpc) is 2.74. The lowest BCUT2D eigenvalue weighted by Gasteiger charge is -2.12. The second kappa shape index (κ2) is 5.87. The van der Waals surface area contributed by atoms with Crippen molar-refractivity contribution in [3.63, 3.8) is 0 Å². The van der Waals surface area contributed by atoms with Gasteiger partial charge in [0.2, 0.25) is 0 Å². The summed E-state index contributed by atoms with van der Waals surface area (Å²) in [6, 6.07) is 3.73. The Kier molecular flexibility index (Phi) is 4.20. The van der Waals surface area contributed by atoms with Gasteiger partial charge in [-0.2, -0.15) is 0 Å². The molecule has 0 aliphatic heterocycles. The van der Waals surface area contributed by atoms with Gasteiger partial charge in [0.15, 0.2) is 12.4 Å². The Labute approximate surface area is 112 Å². The summed E-state index contributed by atoms with van der Waals surface area (Å²) in [5.41, 5.74) is 2.77. The van der Waals surface area contributed by atoms with Gasteiger partial charge in [0.05, 0.1) is 0 Å². The summed E-state index contributed by atoms with van der Waals surface area (Å²) in [6.07, 6.45) is 4.27. The van der Waals surface area contributed by atoms with Gasteiger partial charge in [-0.05, 0) is 36.5 Å². The maximum Gasteiger partial charge on any atom is 0.341 e. The number of rotatable bonds is 6. The molecule has 2 rings (SSSR count). The van der Waals surface area contributed by atoms with Crippen LogP contribution in [0.25, 0.3) is 0 Å². The van der Waals surface area contributed by atoms with Crippen LogP contribution < -0.4 is 4.74 Å². The van der Waals surface area contributed by atoms with E-state index in [0.717, 1.165) is 36.8 Å². The summed E-state index contributed by atoms with van der Waals surface area (Å²) in [5.74, 6) is -0.338. The van der Waals surface area contributed by atoms with Gasteiger partial charge in [0.1, 0.15) is 5.75 Å². The number of unbranched alkanes of at least 4 members (excludes halogenated alkanes) is 1. The maximum atomic E-state index is 11.7. The number of carboxylic acid groups (broad SMARTS) is 1. The van der Waals surface area contributed by atoms with E-state index in [4.69, 9.17) is 9.84 Å². The van der Waals surface area contributed by atoms with Crippen molar-refractivity contribution in [3.05, 3.63) is 28.8 Å². The van der Waals surface area contributed by atoms with Crippen LogP contribution in [0, 0.1) is 0 Å². The fourth-order valence-electron chi connectivity index (χ4n) is 2.36. The normalized spacial score (nSPS) is 13.4. The van der Waals surface area contributed by atoms with Crippen molar-refractivity contribution in [2.24, 2.45) is 0 Å². The van der Waals surface area contributed by atoms with E-state index >= 15 is 0 Å². The molecule has 102 valence electrons. The van der Waals surface area contributed by atoms with Gasteiger partial charge in [-0.3, -0.25) is 4.79 Å². The number of fused-ring (bicyclic) bond motifs is 1. The Bertz CT molecular complexity index is 505. The molecule has 1 aromatic rings. The molecule has 1 aliphatic carbocycles. The lowest BCUT2D eigenvalue weighted by atomic mass is 10.0. The van der Waals surface area contributed by atoms with Crippen molar-refractivity contribution in [2.75, 3.05) is 6.61 Å². The highest BCUT2D eigenvalue weighted by molar-refractivity contribution is 6.00. The van der Waals surface area contributed by atoms with Crippen LogP contribution in [0.3, 0.4) is 0 Å². The Morgan fingerprint density at radius 3 is 2.84 bits per heavy atom. The molecule has 1 aliphatic rings. The van der Waals surface area contributed by atoms with Crippen LogP contribution >= 0.6 is 0 Å². The van der Waals surface area contributed by atoms with Crippen LogP contribution in [0.1, 0.15) is 47.7 Å². The smallest absolute Gasteiger partial charge is 0.341 e. The molecule has 0 saturated carbocycles. The predicted octanol–water partition coefficient (Wildman–Crippen LogP) is 2.62. The minimum absolute atomic E-state index is 0.122. The third-order valence-electron chi connectivity index (χ3n) is 3.36. The quantitative estimate of drug-likeness (QED) is 0.856. The third kappa shape index (κ3) is 3.13. The molecule has 0 spiro atoms. The first kappa shape index (κ1) is 13.6. The summed E-state index contributed by atoms with van der Waals surface area (Å²) in [7, 11) is 0. The number of carbonyl (C=O) groups is 2. The number of carboxylic acids is 1. The molecule has 1 aromatic carbocycles. The standard InChI is InChI=1S/C15H18O4/c1-2-3-4-11-7-10-5-6-13(16)12(10)8-14(11)19-9-15(17)18/h7-8H,2-6,9H2,1H3,(H,17,18). The molecule has 1 N–H and O–H groups in total. The van der Waals surface area contributed by atoms with Crippen LogP contribution in [-0.4, -0.2) is 23.5 Å². The molecular weight excluding hydrogens is 244 g/mol. The molecule has 0 radical (unpaired) electrons. The van der Waals surface area contributed by atoms with Crippen molar-refractivity contribution >= 4 is 11.8 Å². The average molecular weight is 262 g/mol. The number of ketones is 1. The molecule has 0 fully saturated rings. The molecular formula is C15H18O4. The van der Waals surface area contributed by atoms with Gasteiger partial charge in [-0.1, -0.05) is 19.4 Å². The number of aliphatic carboxylic acids is 1. The van der Waals surface area contributed by atoms with E-state index in [2.05, 4.69) is 6.92 Å². The molecule has 0 atom stereocenters. The van der Waals surface area contributed by atoms with E-state index < -0.39 is 5.97 Å². The molecule has 0 aromatic heterocycles. The van der Waals surface area contributed by atoms with Gasteiger partial charge in [0, 0.05) is 12.0 Å². The van der Waals surface area contributed by atoms with Gasteiger partial charge < -0.3 is 9.84 Å². The molecule has 4 heteroatoms. The summed E-state index contributed by atoms with van der Waals surface area (Å²) >= 11 is 0. The number of hydrogen-bond acceptors (Lipinski definition) is 3. The molecule has 0 saturated heterocycles. The van der Waals surface area contributed by atoms with Gasteiger partial charge in [-0.25, -0.2) is 4.79 Å². The van der Waals surface area contributed by atoms with Crippen LogP contribution in [-0.2, 0) is 17.6 Å². The number of hydrogen-bond donors (Lipinski definition) is 1. The van der Waals surface area contributed by atoms with Gasteiger partial charge >= 0.3 is 5.97 Å². The minimum Gasteiger partial charge on any atom is -0.482 e. The second-order valence-electron chi connectivity index (χ2n) is 4.83. The highest BCUT2D eigenvalue weighted by atomic mass is 16.5. The van der Waals surface area contributed by atoms with E-state index in [1.54, 1.807) is 6.07 Å². The van der Waals surface area contributed by atoms with Crippen LogP contribution in [0.15, 0.2) is 12.1 Å². The zero-order valence-corrected chi connectivity index (χ0v) is 11.1. The largest absolute Gasteiger partial charge is 0.482 e. The molecule has 19 heavy (non-hydrogen) atoms. The van der Waals surface area contributed by atoms with E-state index in [9.17, 15) is 9.59 Å². The summed E-state index contributed by atoms with van der Waals surface area (Å²) in [6.45, 7) is 1.74. The van der Waals surface area contributed by atoms with Crippen molar-refractivity contribution in [2.45, 2.75) is 39.0 Å². The third-order valence-corrected chi connectivity index (χ3v) is 3.36. The van der Waals surface area contributed by atoms with Gasteiger partial charge in [0.25, 0.3) is 0 Å². The van der Waals surface area contributed by atoms with E-state index in [1.807, 2.05) is 6.07 Å². The summed E-state index contributed by atoms with van der Waals surface area (Å²) in [4.78, 5) is 22.3. The molecule has 0 heterocycles. The number of Topliss-reactive ketones (excluding diaryl/α,β-unsaturated/α-hetero) is 1. The zero-order chi connectivity index (χ0) is 13.8. The predicted molar refractivity (Wildman–Crippen MR) is 70.8 cm³/mol. The number of ether oxygens (including phenoxy) is 1. The maximum absolute atomic E-state index is 11.7. The number of aryl methyl sites for hydroxylation is 2. The van der Waals surface area contributed by atoms with Crippen molar-refractivity contribution < 1.29 is 19.4 Å². The Hall–Kier alpha value is -1.84. The van der Waals surface area contributed by atoms with Crippen molar-refractivity contribution in [3.8, 4) is 5.75 Å². The van der Waals surface area contributed by atoms with Crippen molar-refractivity contribution in [1.29, 1.82) is 0 Å². The van der Waals surface area contributed by atoms with E-state index in [1.165, 1.54) is 0 Å². The highest BCUT2D eigenvalue weighted by Gasteiger charge is 2.22. The van der Waals surface area contributed by atoms with Crippen LogP contribution in [0.4, 0.5) is 0 Å². The number of carbonyl (C=O) groups excluding carboxylic acids is 1. The molecule has 0 amide bonds. The first-order valence-corrected chi connectivity index (χ1v) is 6.65. The van der Waals surface area contributed by atoms with Crippen LogP contribution in [0.5, 0.6) is 5.75 Å².